The topological polar surface area (TPSA) is 43.6 Å². The summed E-state index contributed by atoms with van der Waals surface area (Å²) in [7, 11) is 1.37. The molecule has 96 valence electrons. The van der Waals surface area contributed by atoms with E-state index in [4.69, 9.17) is 0 Å². The van der Waals surface area contributed by atoms with Gasteiger partial charge in [-0.3, -0.25) is 0 Å². The Hall–Kier alpha value is -1.91. The molecule has 0 atom stereocenters. The van der Waals surface area contributed by atoms with E-state index in [-0.39, 0.29) is 26.3 Å². The van der Waals surface area contributed by atoms with E-state index in [1.807, 2.05) is 10.6 Å². The number of imidazole rings is 1. The van der Waals surface area contributed by atoms with Gasteiger partial charge in [0.1, 0.15) is 0 Å². The number of hydrogen-bond acceptors (Lipinski definition) is 3. The van der Waals surface area contributed by atoms with Gasteiger partial charge in [0.2, 0.25) is 0 Å². The molecule has 2 aromatic heterocycles. The predicted molar refractivity (Wildman–Crippen MR) is 68.9 cm³/mol. The Morgan fingerprint density at radius 1 is 1.32 bits per heavy atom. The third kappa shape index (κ3) is 2.20. The number of nitrogens with zero attached hydrogens (tertiary/aromatic N) is 2. The first-order valence-corrected chi connectivity index (χ1v) is 7.21. The molecule has 3 rings (SSSR count). The molecular weight excluding hydrogens is 314 g/mol. The molecule has 0 unspecified atom stereocenters. The van der Waals surface area contributed by atoms with Gasteiger partial charge in [0.05, 0.1) is 0 Å². The van der Waals surface area contributed by atoms with E-state index in [1.165, 1.54) is 19.2 Å². The van der Waals surface area contributed by atoms with Gasteiger partial charge in [-0.2, -0.15) is 0 Å². The Bertz CT molecular complexity index is 714. The quantitative estimate of drug-likeness (QED) is 0.535. The molecular formula is C13H9FN2O2Se. The maximum absolute atomic E-state index is 12.9. The third-order valence-electron chi connectivity index (χ3n) is 2.68. The van der Waals surface area contributed by atoms with Crippen LogP contribution in [-0.4, -0.2) is 37.0 Å². The number of benzene rings is 1. The van der Waals surface area contributed by atoms with Gasteiger partial charge in [-0.1, -0.05) is 0 Å². The standard InChI is InChI=1S/C13H9FN2O2Se/c1-18-12(17)11-7-16-6-10(15-13(16)19-11)8-2-4-9(14)5-3-8/h2-7H,1H3. The van der Waals surface area contributed by atoms with Gasteiger partial charge in [0.15, 0.2) is 0 Å². The first-order chi connectivity index (χ1) is 9.17. The molecule has 0 amide bonds. The van der Waals surface area contributed by atoms with Crippen molar-refractivity contribution in [2.24, 2.45) is 0 Å². The molecule has 4 nitrogen and oxygen atoms in total. The van der Waals surface area contributed by atoms with E-state index >= 15 is 0 Å². The summed E-state index contributed by atoms with van der Waals surface area (Å²) in [6.07, 6.45) is 3.57. The van der Waals surface area contributed by atoms with Crippen molar-refractivity contribution >= 4 is 25.0 Å². The molecule has 0 spiro atoms. The van der Waals surface area contributed by atoms with Crippen LogP contribution >= 0.6 is 0 Å². The van der Waals surface area contributed by atoms with Crippen LogP contribution < -0.4 is 0 Å². The molecule has 0 saturated heterocycles. The predicted octanol–water partition coefficient (Wildman–Crippen LogP) is 1.98. The van der Waals surface area contributed by atoms with Gasteiger partial charge < -0.3 is 0 Å². The summed E-state index contributed by atoms with van der Waals surface area (Å²) in [6, 6.07) is 6.18. The molecule has 0 aliphatic rings. The molecule has 0 fully saturated rings. The average Bonchev–Trinajstić information content (AvgIpc) is 2.97. The Morgan fingerprint density at radius 3 is 2.68 bits per heavy atom. The summed E-state index contributed by atoms with van der Waals surface area (Å²) in [6.45, 7) is 0. The van der Waals surface area contributed by atoms with Crippen molar-refractivity contribution in [2.45, 2.75) is 0 Å². The van der Waals surface area contributed by atoms with E-state index in [1.54, 1.807) is 18.3 Å². The average molecular weight is 323 g/mol. The SMILES string of the molecule is COC(=O)c1cn2cc(-c3ccc(F)cc3)nc2[se]1. The van der Waals surface area contributed by atoms with E-state index in [0.717, 1.165) is 15.8 Å². The van der Waals surface area contributed by atoms with E-state index in [2.05, 4.69) is 9.72 Å². The zero-order valence-corrected chi connectivity index (χ0v) is 11.7. The summed E-state index contributed by atoms with van der Waals surface area (Å²) in [5.74, 6) is -0.582. The second-order valence-electron chi connectivity index (χ2n) is 3.91. The number of rotatable bonds is 2. The number of carbonyl (C=O) groups excluding carboxylic acids is 1. The van der Waals surface area contributed by atoms with E-state index in [0.29, 0.717) is 4.44 Å². The second kappa shape index (κ2) is 4.64. The fourth-order valence-corrected chi connectivity index (χ4v) is 3.61. The molecule has 3 aromatic rings. The summed E-state index contributed by atoms with van der Waals surface area (Å²) in [5, 5.41) is 0. The van der Waals surface area contributed by atoms with Crippen molar-refractivity contribution in [1.29, 1.82) is 0 Å². The van der Waals surface area contributed by atoms with Crippen LogP contribution in [0.25, 0.3) is 15.8 Å². The van der Waals surface area contributed by atoms with Gasteiger partial charge in [-0.05, 0) is 0 Å². The van der Waals surface area contributed by atoms with E-state index < -0.39 is 0 Å². The van der Waals surface area contributed by atoms with Crippen LogP contribution in [0, 0.1) is 5.82 Å². The van der Waals surface area contributed by atoms with E-state index in [9.17, 15) is 9.18 Å². The molecule has 0 bridgehead atoms. The van der Waals surface area contributed by atoms with Crippen LogP contribution in [0.4, 0.5) is 4.39 Å². The second-order valence-corrected chi connectivity index (χ2v) is 6.03. The zero-order chi connectivity index (χ0) is 13.4. The monoisotopic (exact) mass is 324 g/mol. The Kier molecular flexibility index (Phi) is 2.97. The first-order valence-electron chi connectivity index (χ1n) is 5.50. The summed E-state index contributed by atoms with van der Waals surface area (Å²) in [5.41, 5.74) is 1.63. The van der Waals surface area contributed by atoms with Crippen LogP contribution in [0.5, 0.6) is 0 Å². The normalized spacial score (nSPS) is 10.8. The van der Waals surface area contributed by atoms with Gasteiger partial charge in [-0.25, -0.2) is 0 Å². The van der Waals surface area contributed by atoms with Gasteiger partial charge in [-0.15, -0.1) is 0 Å². The number of aromatic nitrogens is 2. The van der Waals surface area contributed by atoms with Crippen molar-refractivity contribution in [2.75, 3.05) is 7.11 Å². The maximum atomic E-state index is 12.9. The van der Waals surface area contributed by atoms with Crippen LogP contribution in [0.2, 0.25) is 0 Å². The summed E-state index contributed by atoms with van der Waals surface area (Å²) >= 11 is -0.147. The molecule has 0 aliphatic carbocycles. The fourth-order valence-electron chi connectivity index (χ4n) is 1.75. The van der Waals surface area contributed by atoms with Crippen LogP contribution in [0.3, 0.4) is 0 Å². The number of halogens is 1. The number of ether oxygens (including phenoxy) is 1. The Labute approximate surface area is 114 Å². The Morgan fingerprint density at radius 2 is 2.05 bits per heavy atom. The molecule has 0 radical (unpaired) electrons. The van der Waals surface area contributed by atoms with Crippen LogP contribution in [-0.2, 0) is 4.74 Å². The first kappa shape index (κ1) is 12.1. The van der Waals surface area contributed by atoms with Crippen molar-refractivity contribution in [3.63, 3.8) is 0 Å². The van der Waals surface area contributed by atoms with Crippen molar-refractivity contribution in [3.05, 3.63) is 46.9 Å². The molecule has 6 heteroatoms. The number of esters is 1. The molecule has 0 saturated carbocycles. The van der Waals surface area contributed by atoms with Crippen LogP contribution in [0.15, 0.2) is 36.7 Å². The Balaban J connectivity index is 2.01. The summed E-state index contributed by atoms with van der Waals surface area (Å²) < 4.78 is 20.9. The number of hydrogen-bond donors (Lipinski definition) is 0. The minimum atomic E-state index is -0.311. The molecule has 19 heavy (non-hydrogen) atoms. The summed E-state index contributed by atoms with van der Waals surface area (Å²) in [4.78, 5) is 15.9. The van der Waals surface area contributed by atoms with Crippen molar-refractivity contribution < 1.29 is 13.9 Å². The third-order valence-corrected chi connectivity index (χ3v) is 4.73. The molecule has 0 aliphatic heterocycles. The molecule has 1 aromatic carbocycles. The number of methoxy groups -OCH3 is 1. The fraction of sp³-hybridized carbons (Fsp3) is 0.0769. The van der Waals surface area contributed by atoms with Crippen LogP contribution in [0.1, 0.15) is 9.23 Å². The van der Waals surface area contributed by atoms with Gasteiger partial charge in [0.25, 0.3) is 0 Å². The molecule has 2 heterocycles. The zero-order valence-electron chi connectivity index (χ0n) is 9.96. The van der Waals surface area contributed by atoms with Gasteiger partial charge >= 0.3 is 114 Å². The number of fused-ring (bicyclic) bond motifs is 1. The minimum absolute atomic E-state index is 0.147. The molecule has 0 N–H and O–H groups in total. The van der Waals surface area contributed by atoms with Crippen molar-refractivity contribution in [3.8, 4) is 11.3 Å². The van der Waals surface area contributed by atoms with Gasteiger partial charge in [0, 0.05) is 0 Å². The van der Waals surface area contributed by atoms with Crippen molar-refractivity contribution in [1.82, 2.24) is 9.38 Å². The number of carbonyl (C=O) groups is 1.